The molecule has 0 spiro atoms. The Morgan fingerprint density at radius 3 is 1.94 bits per heavy atom. The van der Waals surface area contributed by atoms with Crippen molar-refractivity contribution < 1.29 is 23.8 Å². The van der Waals surface area contributed by atoms with Crippen molar-refractivity contribution in [1.82, 2.24) is 5.43 Å². The predicted molar refractivity (Wildman–Crippen MR) is 137 cm³/mol. The summed E-state index contributed by atoms with van der Waals surface area (Å²) in [6.07, 6.45) is 0.183. The van der Waals surface area contributed by atoms with Gasteiger partial charge in [0.1, 0.15) is 17.2 Å². The molecule has 0 fully saturated rings. The molecule has 0 saturated carbocycles. The van der Waals surface area contributed by atoms with Crippen LogP contribution < -0.4 is 19.6 Å². The highest BCUT2D eigenvalue weighted by molar-refractivity contribution is 6.30. The van der Waals surface area contributed by atoms with Gasteiger partial charge in [-0.3, -0.25) is 4.79 Å². The van der Waals surface area contributed by atoms with E-state index in [9.17, 15) is 9.59 Å². The van der Waals surface area contributed by atoms with Crippen LogP contribution in [0, 0.1) is 0 Å². The van der Waals surface area contributed by atoms with Gasteiger partial charge in [-0.1, -0.05) is 54.1 Å². The van der Waals surface area contributed by atoms with Gasteiger partial charge in [-0.2, -0.15) is 5.10 Å². The topological polar surface area (TPSA) is 86.2 Å². The molecular weight excluding hydrogens is 480 g/mol. The maximum absolute atomic E-state index is 12.7. The molecule has 1 N–H and O–H groups in total. The summed E-state index contributed by atoms with van der Waals surface area (Å²) in [5.74, 6) is 0.190. The van der Waals surface area contributed by atoms with Crippen LogP contribution in [0.15, 0.2) is 114 Å². The Labute approximate surface area is 212 Å². The van der Waals surface area contributed by atoms with Gasteiger partial charge in [0, 0.05) is 5.02 Å². The van der Waals surface area contributed by atoms with E-state index in [1.165, 1.54) is 12.3 Å². The molecule has 4 rings (SSSR count). The molecule has 0 radical (unpaired) electrons. The third-order valence-corrected chi connectivity index (χ3v) is 4.96. The number of benzene rings is 4. The standard InChI is InChI=1S/C28H21ClN2O5/c29-22-9-7-8-21(18-22)27(33)34-25-16-14-20(15-17-25)19-30-31-26(32)28(35-23-10-3-1-4-11-23)36-24-12-5-2-6-13-24/h1-19,28H,(H,31,32)/b30-19+. The van der Waals surface area contributed by atoms with Crippen LogP contribution in [0.2, 0.25) is 5.02 Å². The lowest BCUT2D eigenvalue weighted by Gasteiger charge is -2.18. The number of hydrogen-bond acceptors (Lipinski definition) is 6. The van der Waals surface area contributed by atoms with Crippen molar-refractivity contribution >= 4 is 29.7 Å². The van der Waals surface area contributed by atoms with Gasteiger partial charge in [0.15, 0.2) is 0 Å². The highest BCUT2D eigenvalue weighted by Crippen LogP contribution is 2.17. The maximum atomic E-state index is 12.7. The van der Waals surface area contributed by atoms with Crippen LogP contribution in [-0.4, -0.2) is 24.4 Å². The smallest absolute Gasteiger partial charge is 0.343 e. The molecule has 8 heteroatoms. The fourth-order valence-corrected chi connectivity index (χ4v) is 3.19. The minimum atomic E-state index is -1.26. The number of amides is 1. The van der Waals surface area contributed by atoms with E-state index in [1.54, 1.807) is 91.0 Å². The largest absolute Gasteiger partial charge is 0.446 e. The molecular formula is C28H21ClN2O5. The van der Waals surface area contributed by atoms with Gasteiger partial charge >= 0.3 is 18.2 Å². The molecule has 36 heavy (non-hydrogen) atoms. The number of esters is 1. The first-order valence-electron chi connectivity index (χ1n) is 10.9. The summed E-state index contributed by atoms with van der Waals surface area (Å²) >= 11 is 5.92. The first-order valence-corrected chi connectivity index (χ1v) is 11.3. The van der Waals surface area contributed by atoms with E-state index in [0.717, 1.165) is 0 Å². The Bertz CT molecular complexity index is 1290. The monoisotopic (exact) mass is 500 g/mol. The van der Waals surface area contributed by atoms with Gasteiger partial charge < -0.3 is 14.2 Å². The second-order valence-electron chi connectivity index (χ2n) is 7.40. The van der Waals surface area contributed by atoms with Crippen molar-refractivity contribution in [3.63, 3.8) is 0 Å². The number of nitrogens with zero attached hydrogens (tertiary/aromatic N) is 1. The number of carbonyl (C=O) groups excluding carboxylic acids is 2. The number of ether oxygens (including phenoxy) is 3. The SMILES string of the molecule is O=C(Oc1ccc(/C=N/NC(=O)C(Oc2ccccc2)Oc2ccccc2)cc1)c1cccc(Cl)c1. The molecule has 4 aromatic carbocycles. The zero-order valence-electron chi connectivity index (χ0n) is 18.9. The molecule has 0 aliphatic heterocycles. The number of hydrogen-bond donors (Lipinski definition) is 1. The van der Waals surface area contributed by atoms with Crippen molar-refractivity contribution in [3.8, 4) is 17.2 Å². The quantitative estimate of drug-likeness (QED) is 0.108. The third-order valence-electron chi connectivity index (χ3n) is 4.73. The van der Waals surface area contributed by atoms with Crippen molar-refractivity contribution in [1.29, 1.82) is 0 Å². The molecule has 7 nitrogen and oxygen atoms in total. The van der Waals surface area contributed by atoms with Crippen LogP contribution in [-0.2, 0) is 4.79 Å². The summed E-state index contributed by atoms with van der Waals surface area (Å²) in [4.78, 5) is 25.0. The molecule has 4 aromatic rings. The lowest BCUT2D eigenvalue weighted by Crippen LogP contribution is -2.40. The van der Waals surface area contributed by atoms with Crippen molar-refractivity contribution in [2.75, 3.05) is 0 Å². The molecule has 0 aliphatic rings. The summed E-state index contributed by atoms with van der Waals surface area (Å²) in [5.41, 5.74) is 3.44. The summed E-state index contributed by atoms with van der Waals surface area (Å²) < 4.78 is 16.8. The molecule has 0 bridgehead atoms. The molecule has 0 heterocycles. The Kier molecular flexibility index (Phi) is 8.30. The van der Waals surface area contributed by atoms with Gasteiger partial charge in [-0.15, -0.1) is 0 Å². The molecule has 180 valence electrons. The molecule has 0 aliphatic carbocycles. The molecule has 1 amide bonds. The normalized spacial score (nSPS) is 10.7. The minimum absolute atomic E-state index is 0.348. The van der Waals surface area contributed by atoms with E-state index in [1.807, 2.05) is 12.1 Å². The van der Waals surface area contributed by atoms with E-state index in [0.29, 0.717) is 33.4 Å². The van der Waals surface area contributed by atoms with E-state index in [4.69, 9.17) is 25.8 Å². The Balaban J connectivity index is 1.36. The molecule has 0 aromatic heterocycles. The fraction of sp³-hybridized carbons (Fsp3) is 0.0357. The lowest BCUT2D eigenvalue weighted by molar-refractivity contribution is -0.140. The molecule has 0 unspecified atom stereocenters. The number of rotatable bonds is 9. The van der Waals surface area contributed by atoms with Gasteiger partial charge in [0.05, 0.1) is 11.8 Å². The van der Waals surface area contributed by atoms with Crippen LogP contribution in [0.3, 0.4) is 0 Å². The maximum Gasteiger partial charge on any atom is 0.343 e. The number of carbonyl (C=O) groups is 2. The van der Waals surface area contributed by atoms with Crippen LogP contribution in [0.25, 0.3) is 0 Å². The highest BCUT2D eigenvalue weighted by Gasteiger charge is 2.22. The van der Waals surface area contributed by atoms with E-state index < -0.39 is 18.2 Å². The molecule has 0 atom stereocenters. The second kappa shape index (κ2) is 12.2. The van der Waals surface area contributed by atoms with Crippen molar-refractivity contribution in [2.24, 2.45) is 5.10 Å². The van der Waals surface area contributed by atoms with Crippen LogP contribution >= 0.6 is 11.6 Å². The zero-order valence-corrected chi connectivity index (χ0v) is 19.7. The molecule has 0 saturated heterocycles. The van der Waals surface area contributed by atoms with Gasteiger partial charge in [0.25, 0.3) is 0 Å². The van der Waals surface area contributed by atoms with Crippen LogP contribution in [0.4, 0.5) is 0 Å². The van der Waals surface area contributed by atoms with Gasteiger partial charge in [-0.25, -0.2) is 10.2 Å². The summed E-state index contributed by atoms with van der Waals surface area (Å²) in [5, 5.41) is 4.43. The van der Waals surface area contributed by atoms with Gasteiger partial charge in [-0.05, 0) is 72.3 Å². The average molecular weight is 501 g/mol. The Hall–Kier alpha value is -4.62. The van der Waals surface area contributed by atoms with E-state index >= 15 is 0 Å². The predicted octanol–water partition coefficient (Wildman–Crippen LogP) is 5.49. The average Bonchev–Trinajstić information content (AvgIpc) is 2.90. The third kappa shape index (κ3) is 7.19. The Morgan fingerprint density at radius 2 is 1.36 bits per heavy atom. The van der Waals surface area contributed by atoms with E-state index in [2.05, 4.69) is 10.5 Å². The first-order chi connectivity index (χ1) is 17.6. The van der Waals surface area contributed by atoms with Crippen LogP contribution in [0.1, 0.15) is 15.9 Å². The summed E-state index contributed by atoms with van der Waals surface area (Å²) in [6.45, 7) is 0. The lowest BCUT2D eigenvalue weighted by atomic mass is 10.2. The van der Waals surface area contributed by atoms with E-state index in [-0.39, 0.29) is 0 Å². The van der Waals surface area contributed by atoms with Crippen LogP contribution in [0.5, 0.6) is 17.2 Å². The minimum Gasteiger partial charge on any atom is -0.446 e. The summed E-state index contributed by atoms with van der Waals surface area (Å²) in [6, 6.07) is 30.8. The first kappa shape index (κ1) is 24.5. The Morgan fingerprint density at radius 1 is 0.750 bits per heavy atom. The second-order valence-corrected chi connectivity index (χ2v) is 7.83. The van der Waals surface area contributed by atoms with Crippen molar-refractivity contribution in [2.45, 2.75) is 6.29 Å². The van der Waals surface area contributed by atoms with Crippen molar-refractivity contribution in [3.05, 3.63) is 125 Å². The summed E-state index contributed by atoms with van der Waals surface area (Å²) in [7, 11) is 0. The number of para-hydroxylation sites is 2. The number of hydrazone groups is 1. The highest BCUT2D eigenvalue weighted by atomic mass is 35.5. The zero-order chi connectivity index (χ0) is 25.2. The number of halogens is 1. The fourth-order valence-electron chi connectivity index (χ4n) is 3.00. The van der Waals surface area contributed by atoms with Gasteiger partial charge in [0.2, 0.25) is 0 Å². The number of nitrogens with one attached hydrogen (secondary N) is 1.